The Labute approximate surface area is 179 Å². The van der Waals surface area contributed by atoms with Gasteiger partial charge in [0, 0.05) is 48.7 Å². The van der Waals surface area contributed by atoms with Crippen LogP contribution in [0.25, 0.3) is 0 Å². The summed E-state index contributed by atoms with van der Waals surface area (Å²) in [6, 6.07) is 7.22. The number of benzene rings is 1. The number of nitrogens with one attached hydrogen (secondary N) is 1. The summed E-state index contributed by atoms with van der Waals surface area (Å²) in [6.45, 7) is 2.66. The molecule has 0 bridgehead atoms. The van der Waals surface area contributed by atoms with Gasteiger partial charge < -0.3 is 15.0 Å². The highest BCUT2D eigenvalue weighted by molar-refractivity contribution is 9.10. The average Bonchev–Trinajstić information content (AvgIpc) is 2.74. The minimum atomic E-state index is -3.38. The summed E-state index contributed by atoms with van der Waals surface area (Å²) in [5.41, 5.74) is 0.629. The molecule has 2 fully saturated rings. The van der Waals surface area contributed by atoms with E-state index in [0.29, 0.717) is 57.8 Å². The lowest BCUT2D eigenvalue weighted by Crippen LogP contribution is -2.46. The third kappa shape index (κ3) is 6.00. The molecule has 2 amide bonds. The third-order valence-electron chi connectivity index (χ3n) is 5.27. The quantitative estimate of drug-likeness (QED) is 0.647. The molecule has 29 heavy (non-hydrogen) atoms. The Bertz CT molecular complexity index is 817. The molecule has 1 aromatic rings. The first-order valence-corrected chi connectivity index (χ1v) is 12.1. The number of rotatable bonds is 6. The minimum absolute atomic E-state index is 0.0343. The number of carbonyl (C=O) groups excluding carboxylic acids is 2. The van der Waals surface area contributed by atoms with Gasteiger partial charge in [0.15, 0.2) is 0 Å². The molecule has 8 nitrogen and oxygen atoms in total. The van der Waals surface area contributed by atoms with E-state index in [-0.39, 0.29) is 30.0 Å². The van der Waals surface area contributed by atoms with Crippen LogP contribution in [-0.4, -0.2) is 81.1 Å². The topological polar surface area (TPSA) is 96.0 Å². The van der Waals surface area contributed by atoms with Crippen molar-refractivity contribution in [1.82, 2.24) is 14.5 Å². The molecule has 0 aliphatic carbocycles. The van der Waals surface area contributed by atoms with Crippen LogP contribution in [0.5, 0.6) is 0 Å². The van der Waals surface area contributed by atoms with Crippen molar-refractivity contribution < 1.29 is 22.7 Å². The second-order valence-corrected chi connectivity index (χ2v) is 10.2. The van der Waals surface area contributed by atoms with Gasteiger partial charge in [-0.1, -0.05) is 15.9 Å². The van der Waals surface area contributed by atoms with Gasteiger partial charge in [-0.25, -0.2) is 8.42 Å². The molecule has 0 atom stereocenters. The average molecular weight is 488 g/mol. The van der Waals surface area contributed by atoms with E-state index in [2.05, 4.69) is 21.2 Å². The van der Waals surface area contributed by atoms with Gasteiger partial charge in [-0.05, 0) is 37.1 Å². The maximum Gasteiger partial charge on any atom is 0.253 e. The highest BCUT2D eigenvalue weighted by atomic mass is 79.9. The van der Waals surface area contributed by atoms with E-state index in [1.54, 1.807) is 17.0 Å². The molecular formula is C19H26BrN3O5S. The van der Waals surface area contributed by atoms with Crippen molar-refractivity contribution in [2.45, 2.75) is 12.8 Å². The Balaban J connectivity index is 1.41. The van der Waals surface area contributed by atoms with Crippen molar-refractivity contribution in [3.05, 3.63) is 34.3 Å². The zero-order valence-corrected chi connectivity index (χ0v) is 18.6. The van der Waals surface area contributed by atoms with Crippen molar-refractivity contribution >= 4 is 37.8 Å². The first-order valence-electron chi connectivity index (χ1n) is 9.75. The van der Waals surface area contributed by atoms with Crippen molar-refractivity contribution in [2.75, 3.05) is 51.7 Å². The molecule has 0 aromatic heterocycles. The normalized spacial score (nSPS) is 19.1. The van der Waals surface area contributed by atoms with Crippen molar-refractivity contribution in [3.63, 3.8) is 0 Å². The first-order chi connectivity index (χ1) is 13.9. The molecule has 0 saturated carbocycles. The fourth-order valence-corrected chi connectivity index (χ4v) is 5.11. The van der Waals surface area contributed by atoms with E-state index in [1.807, 2.05) is 12.1 Å². The van der Waals surface area contributed by atoms with E-state index in [4.69, 9.17) is 4.74 Å². The van der Waals surface area contributed by atoms with E-state index >= 15 is 0 Å². The van der Waals surface area contributed by atoms with E-state index in [9.17, 15) is 18.0 Å². The summed E-state index contributed by atoms with van der Waals surface area (Å²) in [4.78, 5) is 26.7. The van der Waals surface area contributed by atoms with Crippen LogP contribution in [0.15, 0.2) is 28.7 Å². The van der Waals surface area contributed by atoms with Gasteiger partial charge in [0.25, 0.3) is 5.91 Å². The molecule has 0 unspecified atom stereocenters. The molecule has 10 heteroatoms. The van der Waals surface area contributed by atoms with Crippen LogP contribution in [0, 0.1) is 5.92 Å². The highest BCUT2D eigenvalue weighted by Crippen LogP contribution is 2.20. The van der Waals surface area contributed by atoms with Crippen LogP contribution in [0.1, 0.15) is 23.2 Å². The Kier molecular flexibility index (Phi) is 7.66. The molecule has 3 rings (SSSR count). The number of halogens is 1. The number of ether oxygens (including phenoxy) is 1. The lowest BCUT2D eigenvalue weighted by molar-refractivity contribution is -0.126. The fourth-order valence-electron chi connectivity index (χ4n) is 3.52. The number of carbonyl (C=O) groups is 2. The summed E-state index contributed by atoms with van der Waals surface area (Å²) in [5, 5.41) is 2.74. The standard InChI is InChI=1S/C19H26BrN3O5S/c20-17-3-1-16(2-4-17)19(25)22-8-5-15(6-9-22)18(24)21-7-14-29(26,27)23-10-12-28-13-11-23/h1-4,15H,5-14H2,(H,21,24). The first kappa shape index (κ1) is 22.2. The number of morpholine rings is 1. The molecule has 2 saturated heterocycles. The number of piperidine rings is 1. The Morgan fingerprint density at radius 2 is 1.69 bits per heavy atom. The largest absolute Gasteiger partial charge is 0.379 e. The zero-order chi connectivity index (χ0) is 20.9. The van der Waals surface area contributed by atoms with Crippen molar-refractivity contribution in [1.29, 1.82) is 0 Å². The molecule has 2 aliphatic rings. The number of sulfonamides is 1. The van der Waals surface area contributed by atoms with Crippen LogP contribution in [0.2, 0.25) is 0 Å². The predicted molar refractivity (Wildman–Crippen MR) is 112 cm³/mol. The van der Waals surface area contributed by atoms with Gasteiger partial charge in [-0.2, -0.15) is 4.31 Å². The maximum atomic E-state index is 12.6. The smallest absolute Gasteiger partial charge is 0.253 e. The van der Waals surface area contributed by atoms with E-state index in [0.717, 1.165) is 4.47 Å². The van der Waals surface area contributed by atoms with E-state index < -0.39 is 10.0 Å². The van der Waals surface area contributed by atoms with Gasteiger partial charge in [-0.15, -0.1) is 0 Å². The molecule has 0 radical (unpaired) electrons. The summed E-state index contributed by atoms with van der Waals surface area (Å²) in [6.07, 6.45) is 1.15. The van der Waals surface area contributed by atoms with Crippen LogP contribution >= 0.6 is 15.9 Å². The molecule has 2 heterocycles. The lowest BCUT2D eigenvalue weighted by atomic mass is 9.95. The number of hydrogen-bond acceptors (Lipinski definition) is 5. The summed E-state index contributed by atoms with van der Waals surface area (Å²) < 4.78 is 32.1. The number of amides is 2. The Morgan fingerprint density at radius 1 is 1.07 bits per heavy atom. The summed E-state index contributed by atoms with van der Waals surface area (Å²) in [5.74, 6) is -0.486. The van der Waals surface area contributed by atoms with Gasteiger partial charge in [0.2, 0.25) is 15.9 Å². The van der Waals surface area contributed by atoms with Gasteiger partial charge in [0.05, 0.1) is 19.0 Å². The van der Waals surface area contributed by atoms with Crippen LogP contribution in [0.3, 0.4) is 0 Å². The van der Waals surface area contributed by atoms with Gasteiger partial charge in [-0.3, -0.25) is 9.59 Å². The van der Waals surface area contributed by atoms with Gasteiger partial charge in [0.1, 0.15) is 0 Å². The predicted octanol–water partition coefficient (Wildman–Crippen LogP) is 1.08. The second-order valence-electron chi connectivity index (χ2n) is 7.19. The van der Waals surface area contributed by atoms with Crippen molar-refractivity contribution in [2.24, 2.45) is 5.92 Å². The monoisotopic (exact) mass is 487 g/mol. The van der Waals surface area contributed by atoms with Gasteiger partial charge >= 0.3 is 0 Å². The molecule has 0 spiro atoms. The molecule has 2 aliphatic heterocycles. The number of nitrogens with zero attached hydrogens (tertiary/aromatic N) is 2. The summed E-state index contributed by atoms with van der Waals surface area (Å²) >= 11 is 3.35. The van der Waals surface area contributed by atoms with Crippen molar-refractivity contribution in [3.8, 4) is 0 Å². The number of likely N-dealkylation sites (tertiary alicyclic amines) is 1. The fraction of sp³-hybridized carbons (Fsp3) is 0.579. The van der Waals surface area contributed by atoms with Crippen LogP contribution < -0.4 is 5.32 Å². The van der Waals surface area contributed by atoms with E-state index in [1.165, 1.54) is 4.31 Å². The Hall–Kier alpha value is -1.49. The highest BCUT2D eigenvalue weighted by Gasteiger charge is 2.29. The minimum Gasteiger partial charge on any atom is -0.379 e. The molecular weight excluding hydrogens is 462 g/mol. The zero-order valence-electron chi connectivity index (χ0n) is 16.2. The Morgan fingerprint density at radius 3 is 2.31 bits per heavy atom. The summed E-state index contributed by atoms with van der Waals surface area (Å²) in [7, 11) is -3.38. The SMILES string of the molecule is O=C(NCCS(=O)(=O)N1CCOCC1)C1CCN(C(=O)c2ccc(Br)cc2)CC1. The lowest BCUT2D eigenvalue weighted by Gasteiger charge is -2.31. The second kappa shape index (κ2) is 10.0. The van der Waals surface area contributed by atoms with Crippen LogP contribution in [0.4, 0.5) is 0 Å². The molecule has 160 valence electrons. The number of hydrogen-bond donors (Lipinski definition) is 1. The molecule has 1 N–H and O–H groups in total. The van der Waals surface area contributed by atoms with Crippen LogP contribution in [-0.2, 0) is 19.6 Å². The molecule has 1 aromatic carbocycles. The maximum absolute atomic E-state index is 12.6. The third-order valence-corrected chi connectivity index (χ3v) is 7.67.